The second kappa shape index (κ2) is 7.70. The molecule has 2 aromatic rings. The van der Waals surface area contributed by atoms with Crippen LogP contribution in [0, 0.1) is 0 Å². The first kappa shape index (κ1) is 15.4. The predicted octanol–water partition coefficient (Wildman–Crippen LogP) is 2.31. The normalized spacial score (nSPS) is 12.0. The molecule has 21 heavy (non-hydrogen) atoms. The van der Waals surface area contributed by atoms with Crippen molar-refractivity contribution in [3.63, 3.8) is 0 Å². The fraction of sp³-hybridized carbons (Fsp3) is 0.333. The van der Waals surface area contributed by atoms with Crippen molar-refractivity contribution in [1.82, 2.24) is 0 Å². The summed E-state index contributed by atoms with van der Waals surface area (Å²) in [6.45, 7) is 5.28. The lowest BCUT2D eigenvalue weighted by molar-refractivity contribution is -0.925. The van der Waals surface area contributed by atoms with E-state index in [1.54, 1.807) is 14.2 Å². The lowest BCUT2D eigenvalue weighted by Crippen LogP contribution is -3.09. The molecule has 0 amide bonds. The molecule has 0 bridgehead atoms. The zero-order valence-corrected chi connectivity index (χ0v) is 13.1. The van der Waals surface area contributed by atoms with Crippen molar-refractivity contribution in [2.45, 2.75) is 20.0 Å². The summed E-state index contributed by atoms with van der Waals surface area (Å²) in [6.07, 6.45) is 0. The fourth-order valence-electron chi connectivity index (χ4n) is 2.45. The minimum atomic E-state index is 0.847. The van der Waals surface area contributed by atoms with Crippen LogP contribution < -0.4 is 14.4 Å². The summed E-state index contributed by atoms with van der Waals surface area (Å²) in [5.74, 6) is 1.69. The van der Waals surface area contributed by atoms with E-state index in [0.717, 1.165) is 31.1 Å². The zero-order chi connectivity index (χ0) is 15.1. The van der Waals surface area contributed by atoms with Crippen LogP contribution in [0.1, 0.15) is 18.1 Å². The van der Waals surface area contributed by atoms with Gasteiger partial charge in [-0.3, -0.25) is 0 Å². The van der Waals surface area contributed by atoms with Gasteiger partial charge in [-0.15, -0.1) is 0 Å². The van der Waals surface area contributed by atoms with E-state index in [-0.39, 0.29) is 0 Å². The first-order chi connectivity index (χ1) is 10.2. The molecule has 1 atom stereocenters. The van der Waals surface area contributed by atoms with E-state index >= 15 is 0 Å². The number of hydrogen-bond acceptors (Lipinski definition) is 2. The number of methoxy groups -OCH3 is 2. The third-order valence-electron chi connectivity index (χ3n) is 3.66. The Morgan fingerprint density at radius 2 is 1.38 bits per heavy atom. The number of hydrogen-bond donors (Lipinski definition) is 1. The average Bonchev–Trinajstić information content (AvgIpc) is 2.54. The molecule has 2 rings (SSSR count). The van der Waals surface area contributed by atoms with Crippen molar-refractivity contribution in [1.29, 1.82) is 0 Å². The molecule has 0 aliphatic heterocycles. The van der Waals surface area contributed by atoms with Crippen LogP contribution in [0.3, 0.4) is 0 Å². The van der Waals surface area contributed by atoms with Gasteiger partial charge in [0.25, 0.3) is 0 Å². The lowest BCUT2D eigenvalue weighted by Gasteiger charge is -2.18. The molecule has 3 heteroatoms. The number of quaternary nitrogens is 1. The van der Waals surface area contributed by atoms with Crippen molar-refractivity contribution in [2.24, 2.45) is 0 Å². The molecule has 0 saturated carbocycles. The molecule has 0 aliphatic rings. The molecular weight excluding hydrogens is 262 g/mol. The molecule has 0 aliphatic carbocycles. The minimum absolute atomic E-state index is 0.847. The Labute approximate surface area is 127 Å². The van der Waals surface area contributed by atoms with Crippen molar-refractivity contribution in [3.05, 3.63) is 59.7 Å². The van der Waals surface area contributed by atoms with Crippen molar-refractivity contribution < 1.29 is 14.4 Å². The second-order valence-electron chi connectivity index (χ2n) is 5.16. The molecular formula is C18H24NO2+. The first-order valence-corrected chi connectivity index (χ1v) is 7.34. The first-order valence-electron chi connectivity index (χ1n) is 7.34. The molecule has 0 heterocycles. The number of benzene rings is 2. The van der Waals surface area contributed by atoms with Crippen LogP contribution in [0.5, 0.6) is 11.5 Å². The van der Waals surface area contributed by atoms with Gasteiger partial charge in [0.2, 0.25) is 0 Å². The van der Waals surface area contributed by atoms with Gasteiger partial charge >= 0.3 is 0 Å². The Morgan fingerprint density at radius 3 is 1.90 bits per heavy atom. The van der Waals surface area contributed by atoms with Crippen LogP contribution >= 0.6 is 0 Å². The summed E-state index contributed by atoms with van der Waals surface area (Å²) >= 11 is 0. The van der Waals surface area contributed by atoms with Gasteiger partial charge in [-0.1, -0.05) is 30.3 Å². The molecule has 112 valence electrons. The molecule has 1 unspecified atom stereocenters. The molecule has 3 nitrogen and oxygen atoms in total. The summed E-state index contributed by atoms with van der Waals surface area (Å²) in [7, 11) is 3.37. The summed E-state index contributed by atoms with van der Waals surface area (Å²) in [6, 6.07) is 16.7. The van der Waals surface area contributed by atoms with Crippen molar-refractivity contribution >= 4 is 0 Å². The molecule has 0 radical (unpaired) electrons. The monoisotopic (exact) mass is 286 g/mol. The lowest BCUT2D eigenvalue weighted by atomic mass is 10.1. The summed E-state index contributed by atoms with van der Waals surface area (Å²) in [5, 5.41) is 0. The number of nitrogens with one attached hydrogen (secondary N) is 1. The predicted molar refractivity (Wildman–Crippen MR) is 84.9 cm³/mol. The maximum absolute atomic E-state index is 5.34. The summed E-state index contributed by atoms with van der Waals surface area (Å²) < 4.78 is 10.7. The van der Waals surface area contributed by atoms with E-state index in [0.29, 0.717) is 0 Å². The van der Waals surface area contributed by atoms with Crippen LogP contribution in [-0.2, 0) is 13.1 Å². The third-order valence-corrected chi connectivity index (χ3v) is 3.66. The van der Waals surface area contributed by atoms with Gasteiger partial charge in [-0.05, 0) is 19.1 Å². The van der Waals surface area contributed by atoms with Crippen LogP contribution in [-0.4, -0.2) is 20.8 Å². The Morgan fingerprint density at radius 1 is 0.810 bits per heavy atom. The van der Waals surface area contributed by atoms with E-state index in [1.807, 2.05) is 6.07 Å². The largest absolute Gasteiger partial charge is 0.497 e. The molecule has 0 fully saturated rings. The molecule has 1 N–H and O–H groups in total. The summed E-state index contributed by atoms with van der Waals surface area (Å²) in [4.78, 5) is 1.51. The highest BCUT2D eigenvalue weighted by Crippen LogP contribution is 2.21. The van der Waals surface area contributed by atoms with Gasteiger partial charge in [0.1, 0.15) is 24.6 Å². The Bertz CT molecular complexity index is 532. The van der Waals surface area contributed by atoms with E-state index < -0.39 is 0 Å². The van der Waals surface area contributed by atoms with Gasteiger partial charge in [-0.25, -0.2) is 0 Å². The molecule has 0 aromatic heterocycles. The highest BCUT2D eigenvalue weighted by atomic mass is 16.5. The van der Waals surface area contributed by atoms with E-state index in [2.05, 4.69) is 49.4 Å². The van der Waals surface area contributed by atoms with Gasteiger partial charge in [0, 0.05) is 17.2 Å². The minimum Gasteiger partial charge on any atom is -0.497 e. The van der Waals surface area contributed by atoms with Crippen LogP contribution in [0.2, 0.25) is 0 Å². The number of rotatable bonds is 7. The van der Waals surface area contributed by atoms with Crippen molar-refractivity contribution in [2.75, 3.05) is 20.8 Å². The van der Waals surface area contributed by atoms with Gasteiger partial charge in [0.15, 0.2) is 0 Å². The van der Waals surface area contributed by atoms with Gasteiger partial charge in [-0.2, -0.15) is 0 Å². The third kappa shape index (κ3) is 4.50. The Hall–Kier alpha value is -2.00. The maximum atomic E-state index is 5.34. The van der Waals surface area contributed by atoms with E-state index in [1.165, 1.54) is 16.0 Å². The van der Waals surface area contributed by atoms with E-state index in [4.69, 9.17) is 9.47 Å². The standard InChI is InChI=1S/C18H23NO2/c1-4-19(13-15-8-6-5-7-9-15)14-16-10-17(20-2)12-18(11-16)21-3/h5-12H,4,13-14H2,1-3H3/p+1. The molecule has 2 aromatic carbocycles. The Kier molecular flexibility index (Phi) is 5.64. The quantitative estimate of drug-likeness (QED) is 0.844. The van der Waals surface area contributed by atoms with Crippen LogP contribution in [0.15, 0.2) is 48.5 Å². The van der Waals surface area contributed by atoms with Crippen LogP contribution in [0.25, 0.3) is 0 Å². The second-order valence-corrected chi connectivity index (χ2v) is 5.16. The highest BCUT2D eigenvalue weighted by Gasteiger charge is 2.10. The Balaban J connectivity index is 2.11. The summed E-state index contributed by atoms with van der Waals surface area (Å²) in [5.41, 5.74) is 2.60. The average molecular weight is 286 g/mol. The SMILES string of the molecule is CC[NH+](Cc1ccccc1)Cc1cc(OC)cc(OC)c1. The van der Waals surface area contributed by atoms with Gasteiger partial charge in [0.05, 0.1) is 20.8 Å². The number of ether oxygens (including phenoxy) is 2. The van der Waals surface area contributed by atoms with Gasteiger partial charge < -0.3 is 14.4 Å². The zero-order valence-electron chi connectivity index (χ0n) is 13.1. The topological polar surface area (TPSA) is 22.9 Å². The molecule has 0 spiro atoms. The van der Waals surface area contributed by atoms with Crippen LogP contribution in [0.4, 0.5) is 0 Å². The fourth-order valence-corrected chi connectivity index (χ4v) is 2.45. The maximum Gasteiger partial charge on any atom is 0.123 e. The smallest absolute Gasteiger partial charge is 0.123 e. The molecule has 0 saturated heterocycles. The van der Waals surface area contributed by atoms with Crippen molar-refractivity contribution in [3.8, 4) is 11.5 Å². The highest BCUT2D eigenvalue weighted by molar-refractivity contribution is 5.38. The van der Waals surface area contributed by atoms with E-state index in [9.17, 15) is 0 Å².